The Morgan fingerprint density at radius 1 is 1.23 bits per heavy atom. The molecule has 2 aromatic carbocycles. The maximum atomic E-state index is 12.1. The van der Waals surface area contributed by atoms with E-state index in [-0.39, 0.29) is 12.0 Å². The molecule has 3 nitrogen and oxygen atoms in total. The quantitative estimate of drug-likeness (QED) is 0.838. The Labute approximate surface area is 136 Å². The Balaban J connectivity index is 1.96. The second-order valence-electron chi connectivity index (χ2n) is 5.22. The van der Waals surface area contributed by atoms with Crippen molar-refractivity contribution in [1.82, 2.24) is 0 Å². The third-order valence-electron chi connectivity index (χ3n) is 3.31. The van der Waals surface area contributed by atoms with Gasteiger partial charge in [-0.3, -0.25) is 4.79 Å². The highest BCUT2D eigenvalue weighted by atomic mass is 35.5. The fourth-order valence-corrected chi connectivity index (χ4v) is 2.08. The zero-order valence-corrected chi connectivity index (χ0v) is 13.6. The molecule has 22 heavy (non-hydrogen) atoms. The van der Waals surface area contributed by atoms with E-state index in [2.05, 4.69) is 12.2 Å². The second-order valence-corrected chi connectivity index (χ2v) is 5.65. The molecule has 0 aliphatic carbocycles. The van der Waals surface area contributed by atoms with Gasteiger partial charge in [0.25, 0.3) is 0 Å². The van der Waals surface area contributed by atoms with E-state index < -0.39 is 0 Å². The van der Waals surface area contributed by atoms with E-state index in [0.717, 1.165) is 23.4 Å². The fourth-order valence-electron chi connectivity index (χ4n) is 1.96. The number of ether oxygens (including phenoxy) is 1. The first-order chi connectivity index (χ1) is 10.6. The molecule has 0 saturated carbocycles. The van der Waals surface area contributed by atoms with E-state index in [4.69, 9.17) is 16.3 Å². The van der Waals surface area contributed by atoms with Crippen LogP contribution < -0.4 is 10.1 Å². The second kappa shape index (κ2) is 7.85. The Morgan fingerprint density at radius 2 is 1.95 bits per heavy atom. The lowest BCUT2D eigenvalue weighted by Gasteiger charge is -2.13. The van der Waals surface area contributed by atoms with Crippen LogP contribution in [0.4, 0.5) is 5.69 Å². The summed E-state index contributed by atoms with van der Waals surface area (Å²) in [4.78, 5) is 12.1. The number of rotatable bonds is 6. The van der Waals surface area contributed by atoms with E-state index in [1.165, 1.54) is 0 Å². The number of carbonyl (C=O) groups is 1. The number of amides is 1. The predicted octanol–water partition coefficient (Wildman–Crippen LogP) is 4.70. The largest absolute Gasteiger partial charge is 0.491 e. The van der Waals surface area contributed by atoms with Crippen LogP contribution in [0.3, 0.4) is 0 Å². The van der Waals surface area contributed by atoms with Gasteiger partial charge in [0.1, 0.15) is 5.75 Å². The molecule has 1 unspecified atom stereocenters. The van der Waals surface area contributed by atoms with E-state index in [1.54, 1.807) is 12.1 Å². The molecule has 0 bridgehead atoms. The van der Waals surface area contributed by atoms with Crippen molar-refractivity contribution in [2.45, 2.75) is 32.8 Å². The molecular formula is C18H20ClNO2. The van der Waals surface area contributed by atoms with Gasteiger partial charge in [0, 0.05) is 16.8 Å². The molecule has 2 rings (SSSR count). The number of carbonyl (C=O) groups excluding carboxylic acids is 1. The highest BCUT2D eigenvalue weighted by Crippen LogP contribution is 2.19. The van der Waals surface area contributed by atoms with E-state index in [1.807, 2.05) is 43.3 Å². The minimum absolute atomic E-state index is 0.0667. The van der Waals surface area contributed by atoms with Crippen molar-refractivity contribution in [3.05, 3.63) is 59.1 Å². The number of anilines is 1. The molecule has 1 atom stereocenters. The van der Waals surface area contributed by atoms with Gasteiger partial charge in [0.15, 0.2) is 0 Å². The highest BCUT2D eigenvalue weighted by molar-refractivity contribution is 6.30. The fraction of sp³-hybridized carbons (Fsp3) is 0.278. The van der Waals surface area contributed by atoms with Gasteiger partial charge in [-0.1, -0.05) is 36.7 Å². The lowest BCUT2D eigenvalue weighted by atomic mass is 10.1. The zero-order valence-electron chi connectivity index (χ0n) is 12.8. The molecule has 0 radical (unpaired) electrons. The summed E-state index contributed by atoms with van der Waals surface area (Å²) in [5.41, 5.74) is 1.66. The number of benzene rings is 2. The zero-order chi connectivity index (χ0) is 15.9. The molecule has 2 aromatic rings. The van der Waals surface area contributed by atoms with Crippen molar-refractivity contribution in [1.29, 1.82) is 0 Å². The Bertz CT molecular complexity index is 625. The van der Waals surface area contributed by atoms with Crippen molar-refractivity contribution in [2.75, 3.05) is 5.32 Å². The number of nitrogens with one attached hydrogen (secondary N) is 1. The van der Waals surface area contributed by atoms with Crippen molar-refractivity contribution < 1.29 is 9.53 Å². The summed E-state index contributed by atoms with van der Waals surface area (Å²) in [7, 11) is 0. The summed E-state index contributed by atoms with van der Waals surface area (Å²) < 4.78 is 5.75. The van der Waals surface area contributed by atoms with E-state index in [9.17, 15) is 4.79 Å². The number of halogens is 1. The Hall–Kier alpha value is -2.00. The SMILES string of the molecule is CCC(C)Oc1cccc(NC(=O)Cc2ccc(Cl)cc2)c1. The predicted molar refractivity (Wildman–Crippen MR) is 90.6 cm³/mol. The van der Waals surface area contributed by atoms with Crippen molar-refractivity contribution in [3.63, 3.8) is 0 Å². The monoisotopic (exact) mass is 317 g/mol. The average molecular weight is 318 g/mol. The third kappa shape index (κ3) is 5.08. The third-order valence-corrected chi connectivity index (χ3v) is 3.56. The summed E-state index contributed by atoms with van der Waals surface area (Å²) in [6.07, 6.45) is 1.40. The molecule has 0 heterocycles. The Kier molecular flexibility index (Phi) is 5.84. The van der Waals surface area contributed by atoms with Crippen LogP contribution in [0.1, 0.15) is 25.8 Å². The van der Waals surface area contributed by atoms with Crippen LogP contribution in [0, 0.1) is 0 Å². The highest BCUT2D eigenvalue weighted by Gasteiger charge is 2.06. The molecule has 0 spiro atoms. The normalized spacial score (nSPS) is 11.8. The van der Waals surface area contributed by atoms with Crippen LogP contribution in [-0.4, -0.2) is 12.0 Å². The van der Waals surface area contributed by atoms with Gasteiger partial charge in [-0.2, -0.15) is 0 Å². The summed E-state index contributed by atoms with van der Waals surface area (Å²) in [5, 5.41) is 3.55. The molecule has 1 amide bonds. The maximum absolute atomic E-state index is 12.1. The molecule has 0 aliphatic rings. The summed E-state index contributed by atoms with van der Waals surface area (Å²) in [6, 6.07) is 14.7. The van der Waals surface area contributed by atoms with Crippen LogP contribution in [-0.2, 0) is 11.2 Å². The molecule has 116 valence electrons. The molecule has 0 aromatic heterocycles. The Morgan fingerprint density at radius 3 is 2.64 bits per heavy atom. The van der Waals surface area contributed by atoms with Gasteiger partial charge in [0.05, 0.1) is 12.5 Å². The van der Waals surface area contributed by atoms with Crippen LogP contribution in [0.25, 0.3) is 0 Å². The topological polar surface area (TPSA) is 38.3 Å². The maximum Gasteiger partial charge on any atom is 0.228 e. The van der Waals surface area contributed by atoms with Gasteiger partial charge in [-0.15, -0.1) is 0 Å². The van der Waals surface area contributed by atoms with Crippen LogP contribution in [0.2, 0.25) is 5.02 Å². The molecule has 4 heteroatoms. The molecule has 0 fully saturated rings. The summed E-state index contributed by atoms with van der Waals surface area (Å²) in [6.45, 7) is 4.09. The van der Waals surface area contributed by atoms with E-state index >= 15 is 0 Å². The summed E-state index contributed by atoms with van der Waals surface area (Å²) in [5.74, 6) is 0.696. The van der Waals surface area contributed by atoms with Gasteiger partial charge >= 0.3 is 0 Å². The standard InChI is InChI=1S/C18H20ClNO2/c1-3-13(2)22-17-6-4-5-16(12-17)20-18(21)11-14-7-9-15(19)10-8-14/h4-10,12-13H,3,11H2,1-2H3,(H,20,21). The van der Waals surface area contributed by atoms with E-state index in [0.29, 0.717) is 11.4 Å². The number of hydrogen-bond acceptors (Lipinski definition) is 2. The molecule has 0 saturated heterocycles. The van der Waals surface area contributed by atoms with Crippen molar-refractivity contribution in [2.24, 2.45) is 0 Å². The van der Waals surface area contributed by atoms with Gasteiger partial charge in [0.2, 0.25) is 5.91 Å². The minimum atomic E-state index is -0.0667. The molecule has 1 N–H and O–H groups in total. The van der Waals surface area contributed by atoms with Gasteiger partial charge < -0.3 is 10.1 Å². The molecule has 0 aliphatic heterocycles. The van der Waals surface area contributed by atoms with Crippen LogP contribution >= 0.6 is 11.6 Å². The van der Waals surface area contributed by atoms with Crippen molar-refractivity contribution in [3.8, 4) is 5.75 Å². The first kappa shape index (κ1) is 16.4. The molecular weight excluding hydrogens is 298 g/mol. The summed E-state index contributed by atoms with van der Waals surface area (Å²) >= 11 is 5.83. The first-order valence-corrected chi connectivity index (χ1v) is 7.75. The van der Waals surface area contributed by atoms with Crippen LogP contribution in [0.15, 0.2) is 48.5 Å². The minimum Gasteiger partial charge on any atom is -0.491 e. The van der Waals surface area contributed by atoms with Crippen molar-refractivity contribution >= 4 is 23.2 Å². The smallest absolute Gasteiger partial charge is 0.228 e. The lowest BCUT2D eigenvalue weighted by Crippen LogP contribution is -2.15. The average Bonchev–Trinajstić information content (AvgIpc) is 2.49. The van der Waals surface area contributed by atoms with Gasteiger partial charge in [-0.25, -0.2) is 0 Å². The lowest BCUT2D eigenvalue weighted by molar-refractivity contribution is -0.115. The van der Waals surface area contributed by atoms with Gasteiger partial charge in [-0.05, 0) is 43.2 Å². The first-order valence-electron chi connectivity index (χ1n) is 7.38. The van der Waals surface area contributed by atoms with Crippen LogP contribution in [0.5, 0.6) is 5.75 Å². The number of hydrogen-bond donors (Lipinski definition) is 1.